The molecule has 0 aliphatic rings. The lowest BCUT2D eigenvalue weighted by atomic mass is 10.1. The maximum Gasteiger partial charge on any atom is 0.417 e. The number of carboxylic acids is 1. The molecule has 17 heteroatoms. The molecule has 2 N–H and O–H groups in total. The lowest BCUT2D eigenvalue weighted by molar-refractivity contribution is -0.386. The number of halogens is 6. The number of anilines is 2. The van der Waals surface area contributed by atoms with Crippen LogP contribution in [0.25, 0.3) is 0 Å². The second kappa shape index (κ2) is 13.5. The third-order valence-corrected chi connectivity index (χ3v) is 6.37. The summed E-state index contributed by atoms with van der Waals surface area (Å²) in [7, 11) is 1.28. The summed E-state index contributed by atoms with van der Waals surface area (Å²) < 4.78 is 80.9. The molecule has 1 aromatic heterocycles. The molecular formula is C28H26ClF5N4O7. The minimum atomic E-state index is -4.99. The summed E-state index contributed by atoms with van der Waals surface area (Å²) in [5.74, 6) is -4.56. The van der Waals surface area contributed by atoms with Gasteiger partial charge in [-0.3, -0.25) is 10.1 Å². The van der Waals surface area contributed by atoms with Crippen LogP contribution < -0.4 is 10.1 Å². The van der Waals surface area contributed by atoms with Gasteiger partial charge in [0.05, 0.1) is 40.4 Å². The number of alkyl halides is 3. The number of aromatic nitrogens is 1. The van der Waals surface area contributed by atoms with Crippen molar-refractivity contribution in [2.24, 2.45) is 0 Å². The molecule has 0 spiro atoms. The molecule has 0 fully saturated rings. The molecule has 1 heterocycles. The number of carboxylic acid groups (broad SMARTS) is 1. The molecule has 3 rings (SSSR count). The Bertz CT molecular complexity index is 1630. The van der Waals surface area contributed by atoms with Crippen LogP contribution in [0.3, 0.4) is 0 Å². The van der Waals surface area contributed by atoms with Crippen molar-refractivity contribution < 1.29 is 51.0 Å². The van der Waals surface area contributed by atoms with E-state index < -0.39 is 92.3 Å². The lowest BCUT2D eigenvalue weighted by Gasteiger charge is -2.28. The summed E-state index contributed by atoms with van der Waals surface area (Å²) in [6.45, 7) is 3.41. The molecule has 0 saturated carbocycles. The van der Waals surface area contributed by atoms with Gasteiger partial charge in [0.2, 0.25) is 5.88 Å². The Morgan fingerprint density at radius 2 is 1.78 bits per heavy atom. The number of hydrogen-bond donors (Lipinski definition) is 2. The van der Waals surface area contributed by atoms with Crippen molar-refractivity contribution in [3.8, 4) is 5.88 Å². The number of carbonyl (C=O) groups excluding carboxylic acids is 1. The van der Waals surface area contributed by atoms with Crippen LogP contribution in [0, 0.1) is 21.7 Å². The van der Waals surface area contributed by atoms with E-state index in [1.54, 1.807) is 0 Å². The Labute approximate surface area is 257 Å². The van der Waals surface area contributed by atoms with E-state index in [0.29, 0.717) is 18.2 Å². The van der Waals surface area contributed by atoms with Gasteiger partial charge >= 0.3 is 18.2 Å². The number of rotatable bonds is 10. The van der Waals surface area contributed by atoms with Crippen molar-refractivity contribution in [1.29, 1.82) is 0 Å². The highest BCUT2D eigenvalue weighted by atomic mass is 35.5. The Morgan fingerprint density at radius 1 is 1.11 bits per heavy atom. The smallest absolute Gasteiger partial charge is 0.417 e. The number of nitro groups is 1. The zero-order valence-electron chi connectivity index (χ0n) is 24.1. The molecule has 0 atom stereocenters. The van der Waals surface area contributed by atoms with Crippen LogP contribution in [0.2, 0.25) is 5.02 Å². The minimum absolute atomic E-state index is 0.0255. The van der Waals surface area contributed by atoms with Crippen molar-refractivity contribution >= 4 is 40.7 Å². The summed E-state index contributed by atoms with van der Waals surface area (Å²) in [6, 6.07) is 4.91. The van der Waals surface area contributed by atoms with Gasteiger partial charge in [0.15, 0.2) is 11.6 Å². The maximum atomic E-state index is 15.3. The van der Waals surface area contributed by atoms with E-state index in [0.717, 1.165) is 17.0 Å². The first-order valence-electron chi connectivity index (χ1n) is 12.9. The van der Waals surface area contributed by atoms with Crippen molar-refractivity contribution in [2.75, 3.05) is 19.0 Å². The number of amides is 1. The normalized spacial score (nSPS) is 11.6. The van der Waals surface area contributed by atoms with Gasteiger partial charge < -0.3 is 24.8 Å². The molecule has 0 aliphatic carbocycles. The lowest BCUT2D eigenvalue weighted by Crippen LogP contribution is -2.38. The quantitative estimate of drug-likeness (QED) is 0.129. The van der Waals surface area contributed by atoms with Crippen LogP contribution in [-0.4, -0.2) is 51.2 Å². The first kappa shape index (κ1) is 34.8. The molecule has 1 amide bonds. The Hall–Kier alpha value is -4.73. The average molecular weight is 661 g/mol. The van der Waals surface area contributed by atoms with Crippen LogP contribution in [0.4, 0.5) is 43.8 Å². The van der Waals surface area contributed by atoms with Gasteiger partial charge in [-0.25, -0.2) is 23.4 Å². The summed E-state index contributed by atoms with van der Waals surface area (Å²) in [5.41, 5.74) is -5.38. The number of aromatic carboxylic acids is 1. The Balaban J connectivity index is 2.10. The highest BCUT2D eigenvalue weighted by Crippen LogP contribution is 2.39. The molecule has 0 saturated heterocycles. The van der Waals surface area contributed by atoms with E-state index in [4.69, 9.17) is 21.1 Å². The predicted octanol–water partition coefficient (Wildman–Crippen LogP) is 7.37. The summed E-state index contributed by atoms with van der Waals surface area (Å²) in [6.07, 6.45) is -6.34. The number of nitrogens with one attached hydrogen (secondary N) is 1. The molecule has 45 heavy (non-hydrogen) atoms. The molecule has 2 aromatic carbocycles. The molecule has 0 aliphatic heterocycles. The maximum absolute atomic E-state index is 15.3. The highest BCUT2D eigenvalue weighted by molar-refractivity contribution is 6.32. The molecular weight excluding hydrogens is 635 g/mol. The van der Waals surface area contributed by atoms with Gasteiger partial charge in [0.25, 0.3) is 5.69 Å². The molecule has 0 unspecified atom stereocenters. The standard InChI is InChI=1S/C28H26ClF5N4O7/c1-27(2,3)45-26(41)37(10-9-20-22(38(42)43)7-8-23(36-20)44-4)13-15-19(6-5-18(30)24(15)31)35-21-12-16(28(32,33)34)17(29)11-14(21)25(39)40/h5-8,11-12,35H,9-10,13H2,1-4H3,(H,39,40). The van der Waals surface area contributed by atoms with E-state index in [1.807, 2.05) is 0 Å². The molecule has 3 aromatic rings. The Morgan fingerprint density at radius 3 is 2.33 bits per heavy atom. The van der Waals surface area contributed by atoms with E-state index in [-0.39, 0.29) is 18.0 Å². The fourth-order valence-corrected chi connectivity index (χ4v) is 4.28. The third-order valence-electron chi connectivity index (χ3n) is 6.06. The van der Waals surface area contributed by atoms with Gasteiger partial charge in [-0.05, 0) is 45.0 Å². The van der Waals surface area contributed by atoms with Crippen molar-refractivity contribution in [1.82, 2.24) is 9.88 Å². The van der Waals surface area contributed by atoms with E-state index >= 15 is 4.39 Å². The number of nitrogens with zero attached hydrogens (tertiary/aromatic N) is 3. The van der Waals surface area contributed by atoms with Gasteiger partial charge in [-0.1, -0.05) is 11.6 Å². The van der Waals surface area contributed by atoms with Crippen LogP contribution in [-0.2, 0) is 23.9 Å². The number of methoxy groups -OCH3 is 1. The fraction of sp³-hybridized carbons (Fsp3) is 0.321. The zero-order valence-corrected chi connectivity index (χ0v) is 24.8. The zero-order chi connectivity index (χ0) is 33.9. The van der Waals surface area contributed by atoms with E-state index in [9.17, 15) is 42.4 Å². The van der Waals surface area contributed by atoms with Crippen LogP contribution >= 0.6 is 11.6 Å². The second-order valence-corrected chi connectivity index (χ2v) is 10.8. The molecule has 242 valence electrons. The van der Waals surface area contributed by atoms with Gasteiger partial charge in [-0.15, -0.1) is 0 Å². The van der Waals surface area contributed by atoms with Crippen molar-refractivity contribution in [3.63, 3.8) is 0 Å². The summed E-state index contributed by atoms with van der Waals surface area (Å²) >= 11 is 5.67. The SMILES string of the molecule is COc1ccc([N+](=O)[O-])c(CCN(Cc2c(Nc3cc(C(F)(F)F)c(Cl)cc3C(=O)O)ccc(F)c2F)C(=O)OC(C)(C)C)n1. The molecule has 0 bridgehead atoms. The third kappa shape index (κ3) is 8.68. The van der Waals surface area contributed by atoms with Crippen molar-refractivity contribution in [3.05, 3.63) is 85.6 Å². The van der Waals surface area contributed by atoms with Crippen LogP contribution in [0.5, 0.6) is 5.88 Å². The monoisotopic (exact) mass is 660 g/mol. The fourth-order valence-electron chi connectivity index (χ4n) is 4.01. The Kier molecular flexibility index (Phi) is 10.4. The number of pyridine rings is 1. The van der Waals surface area contributed by atoms with Gasteiger partial charge in [0, 0.05) is 36.3 Å². The number of benzene rings is 2. The highest BCUT2D eigenvalue weighted by Gasteiger charge is 2.35. The number of ether oxygens (including phenoxy) is 2. The van der Waals surface area contributed by atoms with E-state index in [2.05, 4.69) is 10.3 Å². The summed E-state index contributed by atoms with van der Waals surface area (Å²) in [5, 5.41) is 22.6. The number of hydrogen-bond acceptors (Lipinski definition) is 8. The predicted molar refractivity (Wildman–Crippen MR) is 151 cm³/mol. The topological polar surface area (TPSA) is 144 Å². The van der Waals surface area contributed by atoms with Gasteiger partial charge in [-0.2, -0.15) is 13.2 Å². The largest absolute Gasteiger partial charge is 0.481 e. The van der Waals surface area contributed by atoms with Crippen LogP contribution in [0.1, 0.15) is 48.0 Å². The van der Waals surface area contributed by atoms with Gasteiger partial charge in [0.1, 0.15) is 11.3 Å². The number of carbonyl (C=O) groups is 2. The molecule has 0 radical (unpaired) electrons. The van der Waals surface area contributed by atoms with Crippen LogP contribution in [0.15, 0.2) is 36.4 Å². The minimum Gasteiger partial charge on any atom is -0.481 e. The van der Waals surface area contributed by atoms with E-state index in [1.165, 1.54) is 33.9 Å². The average Bonchev–Trinajstić information content (AvgIpc) is 2.92. The first-order valence-corrected chi connectivity index (χ1v) is 13.2. The molecule has 11 nitrogen and oxygen atoms in total. The second-order valence-electron chi connectivity index (χ2n) is 10.4. The van der Waals surface area contributed by atoms with Crippen molar-refractivity contribution in [2.45, 2.75) is 45.5 Å². The summed E-state index contributed by atoms with van der Waals surface area (Å²) in [4.78, 5) is 40.8. The first-order chi connectivity index (χ1) is 20.8.